The van der Waals surface area contributed by atoms with Gasteiger partial charge in [-0.2, -0.15) is 4.52 Å². The first kappa shape index (κ1) is 18.4. The van der Waals surface area contributed by atoms with Crippen molar-refractivity contribution in [3.05, 3.63) is 53.3 Å². The molecule has 0 bridgehead atoms. The van der Waals surface area contributed by atoms with Gasteiger partial charge in [-0.25, -0.2) is 0 Å². The monoisotopic (exact) mass is 410 g/mol. The number of anilines is 1. The highest BCUT2D eigenvalue weighted by molar-refractivity contribution is 6.30. The summed E-state index contributed by atoms with van der Waals surface area (Å²) >= 11 is 6.06. The van der Waals surface area contributed by atoms with Crippen LogP contribution in [-0.4, -0.2) is 44.8 Å². The number of amides is 1. The molecule has 3 aromatic rings. The zero-order valence-electron chi connectivity index (χ0n) is 16.1. The molecule has 1 aromatic carbocycles. The van der Waals surface area contributed by atoms with E-state index in [0.29, 0.717) is 5.02 Å². The zero-order valence-corrected chi connectivity index (χ0v) is 16.8. The van der Waals surface area contributed by atoms with Gasteiger partial charge in [-0.15, -0.1) is 15.3 Å². The Balaban J connectivity index is 1.30. The summed E-state index contributed by atoms with van der Waals surface area (Å²) in [6.07, 6.45) is 6.45. The molecular weight excluding hydrogens is 388 g/mol. The highest BCUT2D eigenvalue weighted by Crippen LogP contribution is 2.42. The van der Waals surface area contributed by atoms with Crippen LogP contribution in [0.3, 0.4) is 0 Å². The van der Waals surface area contributed by atoms with Crippen molar-refractivity contribution in [3.63, 3.8) is 0 Å². The van der Waals surface area contributed by atoms with Crippen molar-refractivity contribution in [1.82, 2.24) is 25.1 Å². The number of fused-ring (bicyclic) bond motifs is 1. The van der Waals surface area contributed by atoms with Gasteiger partial charge in [0, 0.05) is 24.2 Å². The van der Waals surface area contributed by atoms with E-state index in [-0.39, 0.29) is 11.9 Å². The largest absolute Gasteiger partial charge is 0.353 e. The van der Waals surface area contributed by atoms with Crippen LogP contribution >= 0.6 is 11.6 Å². The summed E-state index contributed by atoms with van der Waals surface area (Å²) in [5, 5.41) is 16.5. The molecule has 1 saturated carbocycles. The Bertz CT molecular complexity index is 1030. The summed E-state index contributed by atoms with van der Waals surface area (Å²) in [5.41, 5.74) is 1.37. The van der Waals surface area contributed by atoms with E-state index < -0.39 is 5.41 Å². The second-order valence-electron chi connectivity index (χ2n) is 8.03. The van der Waals surface area contributed by atoms with Crippen molar-refractivity contribution < 1.29 is 4.79 Å². The van der Waals surface area contributed by atoms with Gasteiger partial charge in [-0.05, 0) is 49.1 Å². The number of halogens is 1. The van der Waals surface area contributed by atoms with Crippen LogP contribution in [0.25, 0.3) is 5.65 Å². The lowest BCUT2D eigenvalue weighted by Crippen LogP contribution is -2.47. The summed E-state index contributed by atoms with van der Waals surface area (Å²) in [6.45, 7) is 1.61. The SMILES string of the molecule is O=C(N[C@@H]1CCN(c2ccc3nncn3n2)C1)C1(c2ccc(Cl)cc2)CCCC1. The lowest BCUT2D eigenvalue weighted by Gasteiger charge is -2.30. The molecule has 3 heterocycles. The molecule has 5 rings (SSSR count). The first-order valence-corrected chi connectivity index (χ1v) is 10.5. The summed E-state index contributed by atoms with van der Waals surface area (Å²) in [6, 6.07) is 11.8. The van der Waals surface area contributed by atoms with Gasteiger partial charge in [-0.1, -0.05) is 36.6 Å². The molecule has 1 aliphatic heterocycles. The number of nitrogens with one attached hydrogen (secondary N) is 1. The molecule has 0 unspecified atom stereocenters. The third kappa shape index (κ3) is 3.33. The number of hydrogen-bond donors (Lipinski definition) is 1. The van der Waals surface area contributed by atoms with E-state index in [0.717, 1.165) is 62.2 Å². The second kappa shape index (κ2) is 7.30. The highest BCUT2D eigenvalue weighted by atomic mass is 35.5. The third-order valence-corrected chi connectivity index (χ3v) is 6.54. The van der Waals surface area contributed by atoms with Crippen LogP contribution in [0.15, 0.2) is 42.7 Å². The van der Waals surface area contributed by atoms with Crippen LogP contribution in [0.1, 0.15) is 37.7 Å². The van der Waals surface area contributed by atoms with Crippen molar-refractivity contribution in [3.8, 4) is 0 Å². The van der Waals surface area contributed by atoms with Crippen LogP contribution in [0.4, 0.5) is 5.82 Å². The molecule has 0 radical (unpaired) electrons. The average Bonchev–Trinajstić information content (AvgIpc) is 3.48. The summed E-state index contributed by atoms with van der Waals surface area (Å²) in [7, 11) is 0. The Morgan fingerprint density at radius 1 is 1.14 bits per heavy atom. The maximum atomic E-state index is 13.4. The van der Waals surface area contributed by atoms with Gasteiger partial charge < -0.3 is 10.2 Å². The maximum Gasteiger partial charge on any atom is 0.230 e. The van der Waals surface area contributed by atoms with Gasteiger partial charge in [0.05, 0.1) is 5.41 Å². The quantitative estimate of drug-likeness (QED) is 0.715. The topological polar surface area (TPSA) is 75.4 Å². The first-order valence-electron chi connectivity index (χ1n) is 10.1. The Morgan fingerprint density at radius 3 is 2.72 bits per heavy atom. The number of aromatic nitrogens is 4. The summed E-state index contributed by atoms with van der Waals surface area (Å²) in [5.74, 6) is 1.02. The molecule has 2 fully saturated rings. The number of carbonyl (C=O) groups excluding carboxylic acids is 1. The summed E-state index contributed by atoms with van der Waals surface area (Å²) in [4.78, 5) is 15.6. The van der Waals surface area contributed by atoms with Crippen LogP contribution in [0.5, 0.6) is 0 Å². The molecule has 2 aliphatic rings. The van der Waals surface area contributed by atoms with Crippen molar-refractivity contribution in [2.45, 2.75) is 43.6 Å². The molecule has 8 heteroatoms. The Hall–Kier alpha value is -2.67. The second-order valence-corrected chi connectivity index (χ2v) is 8.46. The van der Waals surface area contributed by atoms with Gasteiger partial charge >= 0.3 is 0 Å². The number of hydrogen-bond acceptors (Lipinski definition) is 5. The van der Waals surface area contributed by atoms with Gasteiger partial charge in [0.25, 0.3) is 0 Å². The van der Waals surface area contributed by atoms with Gasteiger partial charge in [0.1, 0.15) is 12.1 Å². The standard InChI is InChI=1S/C21H23ClN6O/c22-16-5-3-15(4-6-16)21(10-1-2-11-21)20(29)24-17-9-12-27(13-17)19-8-7-18-25-23-14-28(18)26-19/h3-8,14,17H,1-2,9-13H2,(H,24,29)/t17-/m1/s1. The fraction of sp³-hybridized carbons (Fsp3) is 0.429. The van der Waals surface area contributed by atoms with Crippen LogP contribution in [-0.2, 0) is 10.2 Å². The normalized spacial score (nSPS) is 21.0. The molecule has 1 saturated heterocycles. The molecule has 1 N–H and O–H groups in total. The van der Waals surface area contributed by atoms with E-state index in [9.17, 15) is 4.79 Å². The fourth-order valence-electron chi connectivity index (χ4n) is 4.69. The smallest absolute Gasteiger partial charge is 0.230 e. The first-order chi connectivity index (χ1) is 14.1. The summed E-state index contributed by atoms with van der Waals surface area (Å²) < 4.78 is 1.68. The van der Waals surface area contributed by atoms with E-state index in [1.807, 2.05) is 36.4 Å². The predicted molar refractivity (Wildman–Crippen MR) is 111 cm³/mol. The lowest BCUT2D eigenvalue weighted by molar-refractivity contribution is -0.127. The Kier molecular flexibility index (Phi) is 4.62. The van der Waals surface area contributed by atoms with Crippen molar-refractivity contribution >= 4 is 29.0 Å². The van der Waals surface area contributed by atoms with Gasteiger partial charge in [-0.3, -0.25) is 4.79 Å². The molecule has 7 nitrogen and oxygen atoms in total. The van der Waals surface area contributed by atoms with E-state index in [1.54, 1.807) is 10.8 Å². The fourth-order valence-corrected chi connectivity index (χ4v) is 4.82. The van der Waals surface area contributed by atoms with Gasteiger partial charge in [0.2, 0.25) is 5.91 Å². The highest BCUT2D eigenvalue weighted by Gasteiger charge is 2.43. The van der Waals surface area contributed by atoms with Crippen LogP contribution in [0.2, 0.25) is 5.02 Å². The minimum Gasteiger partial charge on any atom is -0.353 e. The van der Waals surface area contributed by atoms with E-state index in [4.69, 9.17) is 11.6 Å². The van der Waals surface area contributed by atoms with Gasteiger partial charge in [0.15, 0.2) is 5.65 Å². The molecule has 0 spiro atoms. The van der Waals surface area contributed by atoms with Crippen molar-refractivity contribution in [1.29, 1.82) is 0 Å². The predicted octanol–water partition coefficient (Wildman–Crippen LogP) is 2.98. The molecular formula is C21H23ClN6O. The average molecular weight is 411 g/mol. The zero-order chi connectivity index (χ0) is 19.8. The van der Waals surface area contributed by atoms with E-state index in [2.05, 4.69) is 25.5 Å². The van der Waals surface area contributed by atoms with E-state index in [1.165, 1.54) is 0 Å². The molecule has 1 amide bonds. The minimum atomic E-state index is -0.433. The van der Waals surface area contributed by atoms with Crippen LogP contribution < -0.4 is 10.2 Å². The molecule has 2 aromatic heterocycles. The Labute approximate surface area is 174 Å². The van der Waals surface area contributed by atoms with Crippen molar-refractivity contribution in [2.75, 3.05) is 18.0 Å². The molecule has 1 atom stereocenters. The number of rotatable bonds is 4. The number of benzene rings is 1. The molecule has 29 heavy (non-hydrogen) atoms. The Morgan fingerprint density at radius 2 is 1.93 bits per heavy atom. The number of nitrogens with zero attached hydrogens (tertiary/aromatic N) is 5. The molecule has 150 valence electrons. The van der Waals surface area contributed by atoms with Crippen molar-refractivity contribution in [2.24, 2.45) is 0 Å². The lowest BCUT2D eigenvalue weighted by atomic mass is 9.78. The molecule has 1 aliphatic carbocycles. The minimum absolute atomic E-state index is 0.116. The third-order valence-electron chi connectivity index (χ3n) is 6.28. The van der Waals surface area contributed by atoms with Crippen LogP contribution in [0, 0.1) is 0 Å². The maximum absolute atomic E-state index is 13.4. The van der Waals surface area contributed by atoms with E-state index >= 15 is 0 Å². The number of carbonyl (C=O) groups is 1.